The fourth-order valence-electron chi connectivity index (χ4n) is 0.921. The van der Waals surface area contributed by atoms with Gasteiger partial charge in [0.25, 0.3) is 0 Å². The Morgan fingerprint density at radius 1 is 1.67 bits per heavy atom. The summed E-state index contributed by atoms with van der Waals surface area (Å²) in [6, 6.07) is 5.21. The van der Waals surface area contributed by atoms with Crippen LogP contribution < -0.4 is 5.32 Å². The Balaban J connectivity index is 2.59. The largest absolute Gasteiger partial charge is 0.361 e. The number of anilines is 1. The molecule has 0 saturated carbocycles. The van der Waals surface area contributed by atoms with Gasteiger partial charge in [0, 0.05) is 20.3 Å². The molecular weight excluding hydrogens is 192 g/mol. The highest BCUT2D eigenvalue weighted by Gasteiger charge is 2.03. The van der Waals surface area contributed by atoms with Crippen molar-refractivity contribution in [3.8, 4) is 6.07 Å². The summed E-state index contributed by atoms with van der Waals surface area (Å²) < 4.78 is 0. The molecule has 1 rings (SSSR count). The summed E-state index contributed by atoms with van der Waals surface area (Å²) in [6.45, 7) is 0.175. The first-order valence-corrected chi connectivity index (χ1v) is 4.43. The number of aromatic nitrogens is 1. The van der Waals surface area contributed by atoms with Gasteiger partial charge < -0.3 is 10.2 Å². The second kappa shape index (κ2) is 4.96. The zero-order chi connectivity index (χ0) is 11.3. The van der Waals surface area contributed by atoms with Crippen LogP contribution in [0.2, 0.25) is 0 Å². The summed E-state index contributed by atoms with van der Waals surface area (Å²) in [5.74, 6) is 0.489. The average molecular weight is 204 g/mol. The van der Waals surface area contributed by atoms with Gasteiger partial charge in [0.15, 0.2) is 0 Å². The maximum absolute atomic E-state index is 11.2. The summed E-state index contributed by atoms with van der Waals surface area (Å²) >= 11 is 0. The number of likely N-dealkylation sites (N-methyl/N-ethyl adjacent to an activating group) is 1. The third-order valence-corrected chi connectivity index (χ3v) is 1.81. The second-order valence-electron chi connectivity index (χ2n) is 3.18. The molecule has 1 N–H and O–H groups in total. The fourth-order valence-corrected chi connectivity index (χ4v) is 0.921. The lowest BCUT2D eigenvalue weighted by Crippen LogP contribution is -2.28. The highest BCUT2D eigenvalue weighted by molar-refractivity contribution is 5.80. The highest BCUT2D eigenvalue weighted by atomic mass is 16.2. The molecule has 0 atom stereocenters. The molecule has 0 radical (unpaired) electrons. The number of amides is 1. The molecule has 0 bridgehead atoms. The van der Waals surface area contributed by atoms with E-state index in [4.69, 9.17) is 5.26 Å². The van der Waals surface area contributed by atoms with Crippen molar-refractivity contribution < 1.29 is 4.79 Å². The van der Waals surface area contributed by atoms with Crippen molar-refractivity contribution in [3.63, 3.8) is 0 Å². The van der Waals surface area contributed by atoms with Crippen molar-refractivity contribution in [1.82, 2.24) is 9.88 Å². The minimum Gasteiger partial charge on any atom is -0.361 e. The summed E-state index contributed by atoms with van der Waals surface area (Å²) in [7, 11) is 3.37. The normalized spacial score (nSPS) is 9.13. The predicted octanol–water partition coefficient (Wildman–Crippen LogP) is 0.453. The summed E-state index contributed by atoms with van der Waals surface area (Å²) in [6.07, 6.45) is 1.53. The molecule has 0 fully saturated rings. The van der Waals surface area contributed by atoms with Gasteiger partial charge in [0.2, 0.25) is 5.91 Å². The van der Waals surface area contributed by atoms with E-state index < -0.39 is 0 Å². The van der Waals surface area contributed by atoms with Crippen LogP contribution in [0.15, 0.2) is 18.3 Å². The van der Waals surface area contributed by atoms with E-state index >= 15 is 0 Å². The minimum atomic E-state index is -0.0424. The van der Waals surface area contributed by atoms with Gasteiger partial charge in [-0.25, -0.2) is 4.98 Å². The Kier molecular flexibility index (Phi) is 3.63. The van der Waals surface area contributed by atoms with Crippen LogP contribution in [0.25, 0.3) is 0 Å². The number of carbonyl (C=O) groups is 1. The van der Waals surface area contributed by atoms with Crippen LogP contribution in [0, 0.1) is 11.3 Å². The minimum absolute atomic E-state index is 0.0424. The lowest BCUT2D eigenvalue weighted by molar-refractivity contribution is -0.126. The van der Waals surface area contributed by atoms with Gasteiger partial charge in [-0.3, -0.25) is 4.79 Å². The first-order chi connectivity index (χ1) is 7.13. The third-order valence-electron chi connectivity index (χ3n) is 1.81. The van der Waals surface area contributed by atoms with Crippen LogP contribution in [0.4, 0.5) is 5.82 Å². The number of rotatable bonds is 3. The number of nitriles is 1. The van der Waals surface area contributed by atoms with Crippen molar-refractivity contribution in [2.75, 3.05) is 26.0 Å². The first-order valence-electron chi connectivity index (χ1n) is 4.43. The molecule has 1 aromatic heterocycles. The quantitative estimate of drug-likeness (QED) is 0.776. The van der Waals surface area contributed by atoms with Crippen molar-refractivity contribution in [3.05, 3.63) is 23.9 Å². The number of pyridine rings is 1. The molecule has 0 aliphatic heterocycles. The van der Waals surface area contributed by atoms with Gasteiger partial charge in [0.05, 0.1) is 18.2 Å². The highest BCUT2D eigenvalue weighted by Crippen LogP contribution is 2.04. The zero-order valence-electron chi connectivity index (χ0n) is 8.69. The van der Waals surface area contributed by atoms with Crippen LogP contribution in [0.1, 0.15) is 5.56 Å². The Labute approximate surface area is 88.3 Å². The van der Waals surface area contributed by atoms with E-state index in [1.165, 1.54) is 11.1 Å². The summed E-state index contributed by atoms with van der Waals surface area (Å²) in [4.78, 5) is 16.7. The molecule has 15 heavy (non-hydrogen) atoms. The molecular formula is C10H12N4O. The molecule has 5 heteroatoms. The Hall–Kier alpha value is -2.09. The van der Waals surface area contributed by atoms with Gasteiger partial charge in [-0.1, -0.05) is 0 Å². The number of nitrogens with one attached hydrogen (secondary N) is 1. The number of hydrogen-bond donors (Lipinski definition) is 1. The van der Waals surface area contributed by atoms with E-state index in [1.54, 1.807) is 26.2 Å². The number of carbonyl (C=O) groups excluding carboxylic acids is 1. The van der Waals surface area contributed by atoms with Gasteiger partial charge in [-0.15, -0.1) is 0 Å². The molecule has 78 valence electrons. The molecule has 0 spiro atoms. The maximum Gasteiger partial charge on any atom is 0.241 e. The van der Waals surface area contributed by atoms with Crippen LogP contribution in [-0.2, 0) is 4.79 Å². The molecule has 1 aromatic rings. The Morgan fingerprint density at radius 2 is 2.40 bits per heavy atom. The van der Waals surface area contributed by atoms with E-state index in [0.717, 1.165) is 0 Å². The van der Waals surface area contributed by atoms with E-state index in [1.807, 2.05) is 6.07 Å². The van der Waals surface area contributed by atoms with Crippen LogP contribution in [0.3, 0.4) is 0 Å². The molecule has 1 heterocycles. The summed E-state index contributed by atoms with van der Waals surface area (Å²) in [5, 5.41) is 11.5. The molecule has 0 aliphatic carbocycles. The SMILES string of the molecule is CN(C)C(=O)CNc1cc(C#N)ccn1. The summed E-state index contributed by atoms with van der Waals surface area (Å²) in [5.41, 5.74) is 0.518. The maximum atomic E-state index is 11.2. The molecule has 0 aromatic carbocycles. The zero-order valence-corrected chi connectivity index (χ0v) is 8.69. The molecule has 0 unspecified atom stereocenters. The van der Waals surface area contributed by atoms with Gasteiger partial charge in [0.1, 0.15) is 5.82 Å². The van der Waals surface area contributed by atoms with Crippen molar-refractivity contribution in [2.24, 2.45) is 0 Å². The smallest absolute Gasteiger partial charge is 0.241 e. The molecule has 5 nitrogen and oxygen atoms in total. The monoisotopic (exact) mass is 204 g/mol. The van der Waals surface area contributed by atoms with E-state index in [0.29, 0.717) is 11.4 Å². The first kappa shape index (κ1) is 11.0. The predicted molar refractivity (Wildman–Crippen MR) is 56.1 cm³/mol. The average Bonchev–Trinajstić information content (AvgIpc) is 2.26. The number of hydrogen-bond acceptors (Lipinski definition) is 4. The van der Waals surface area contributed by atoms with E-state index in [9.17, 15) is 4.79 Å². The molecule has 1 amide bonds. The van der Waals surface area contributed by atoms with Crippen molar-refractivity contribution in [2.45, 2.75) is 0 Å². The van der Waals surface area contributed by atoms with Crippen LogP contribution in [-0.4, -0.2) is 36.4 Å². The molecule has 0 aliphatic rings. The standard InChI is InChI=1S/C10H12N4O/c1-14(2)10(15)7-13-9-5-8(6-11)3-4-12-9/h3-5H,7H2,1-2H3,(H,12,13). The lowest BCUT2D eigenvalue weighted by Gasteiger charge is -2.11. The van der Waals surface area contributed by atoms with E-state index in [2.05, 4.69) is 10.3 Å². The Morgan fingerprint density at radius 3 is 3.00 bits per heavy atom. The topological polar surface area (TPSA) is 69.0 Å². The van der Waals surface area contributed by atoms with E-state index in [-0.39, 0.29) is 12.5 Å². The lowest BCUT2D eigenvalue weighted by atomic mass is 10.3. The molecule has 0 saturated heterocycles. The van der Waals surface area contributed by atoms with Gasteiger partial charge in [-0.2, -0.15) is 5.26 Å². The number of nitrogens with zero attached hydrogens (tertiary/aromatic N) is 3. The van der Waals surface area contributed by atoms with Crippen molar-refractivity contribution in [1.29, 1.82) is 5.26 Å². The fraction of sp³-hybridized carbons (Fsp3) is 0.300. The Bertz CT molecular complexity index is 395. The van der Waals surface area contributed by atoms with Gasteiger partial charge >= 0.3 is 0 Å². The van der Waals surface area contributed by atoms with Crippen molar-refractivity contribution >= 4 is 11.7 Å². The van der Waals surface area contributed by atoms with Gasteiger partial charge in [-0.05, 0) is 12.1 Å². The van der Waals surface area contributed by atoms with Crippen LogP contribution in [0.5, 0.6) is 0 Å². The van der Waals surface area contributed by atoms with Crippen LogP contribution >= 0.6 is 0 Å². The second-order valence-corrected chi connectivity index (χ2v) is 3.18. The third kappa shape index (κ3) is 3.27.